The molecular weight excluding hydrogens is 241 g/mol. The molecule has 0 fully saturated rings. The van der Waals surface area contributed by atoms with Crippen molar-refractivity contribution in [3.8, 4) is 5.75 Å². The van der Waals surface area contributed by atoms with Crippen LogP contribution in [-0.2, 0) is 6.61 Å². The van der Waals surface area contributed by atoms with Gasteiger partial charge in [0.2, 0.25) is 0 Å². The predicted octanol–water partition coefficient (Wildman–Crippen LogP) is 3.64. The fourth-order valence-corrected chi connectivity index (χ4v) is 1.65. The lowest BCUT2D eigenvalue weighted by molar-refractivity contribution is 0.291. The van der Waals surface area contributed by atoms with Crippen molar-refractivity contribution >= 4 is 17.3 Å². The summed E-state index contributed by atoms with van der Waals surface area (Å²) < 4.78 is 18.8. The Morgan fingerprint density at radius 2 is 1.88 bits per heavy atom. The highest BCUT2D eigenvalue weighted by Crippen LogP contribution is 2.28. The van der Waals surface area contributed by atoms with Gasteiger partial charge in [-0.05, 0) is 18.2 Å². The first-order chi connectivity index (χ1) is 8.18. The molecule has 0 aliphatic rings. The lowest BCUT2D eigenvalue weighted by Crippen LogP contribution is -2.01. The minimum Gasteiger partial charge on any atom is -0.484 e. The van der Waals surface area contributed by atoms with Crippen molar-refractivity contribution < 1.29 is 9.13 Å². The molecule has 17 heavy (non-hydrogen) atoms. The summed E-state index contributed by atoms with van der Waals surface area (Å²) >= 11 is 5.84. The Balaban J connectivity index is 2.16. The van der Waals surface area contributed by atoms with Crippen LogP contribution in [0, 0.1) is 5.82 Å². The SMILES string of the molecule is Nc1ccccc1COc1c(F)cccc1Cl. The van der Waals surface area contributed by atoms with Gasteiger partial charge in [-0.1, -0.05) is 35.9 Å². The highest BCUT2D eigenvalue weighted by molar-refractivity contribution is 6.32. The van der Waals surface area contributed by atoms with E-state index >= 15 is 0 Å². The molecule has 0 aliphatic carbocycles. The number of halogens is 2. The van der Waals surface area contributed by atoms with Crippen LogP contribution in [0.5, 0.6) is 5.75 Å². The van der Waals surface area contributed by atoms with E-state index in [1.54, 1.807) is 12.1 Å². The maximum absolute atomic E-state index is 13.4. The molecule has 0 bridgehead atoms. The van der Waals surface area contributed by atoms with Crippen molar-refractivity contribution in [1.29, 1.82) is 0 Å². The monoisotopic (exact) mass is 251 g/mol. The number of anilines is 1. The van der Waals surface area contributed by atoms with Gasteiger partial charge in [0.05, 0.1) is 5.02 Å². The zero-order valence-electron chi connectivity index (χ0n) is 8.99. The van der Waals surface area contributed by atoms with E-state index in [2.05, 4.69) is 0 Å². The number of nitrogens with two attached hydrogens (primary N) is 1. The summed E-state index contributed by atoms with van der Waals surface area (Å²) in [7, 11) is 0. The molecule has 0 aromatic heterocycles. The van der Waals surface area contributed by atoms with E-state index in [0.717, 1.165) is 5.56 Å². The lowest BCUT2D eigenvalue weighted by Gasteiger charge is -2.10. The Morgan fingerprint density at radius 1 is 1.12 bits per heavy atom. The Bertz CT molecular complexity index is 510. The van der Waals surface area contributed by atoms with Gasteiger partial charge in [0.1, 0.15) is 6.61 Å². The normalized spacial score (nSPS) is 10.2. The largest absolute Gasteiger partial charge is 0.484 e. The lowest BCUT2D eigenvalue weighted by atomic mass is 10.2. The van der Waals surface area contributed by atoms with Crippen LogP contribution in [0.1, 0.15) is 5.56 Å². The summed E-state index contributed by atoms with van der Waals surface area (Å²) in [6.07, 6.45) is 0. The van der Waals surface area contributed by atoms with Crippen LogP contribution in [0.4, 0.5) is 10.1 Å². The van der Waals surface area contributed by atoms with Crippen molar-refractivity contribution in [3.05, 3.63) is 58.9 Å². The molecule has 2 aromatic carbocycles. The summed E-state index contributed by atoms with van der Waals surface area (Å²) in [5.74, 6) is -0.426. The van der Waals surface area contributed by atoms with Gasteiger partial charge in [0.15, 0.2) is 11.6 Å². The smallest absolute Gasteiger partial charge is 0.174 e. The van der Waals surface area contributed by atoms with Crippen LogP contribution in [0.15, 0.2) is 42.5 Å². The third-order valence-electron chi connectivity index (χ3n) is 2.35. The Hall–Kier alpha value is -1.74. The van der Waals surface area contributed by atoms with Gasteiger partial charge in [0.25, 0.3) is 0 Å². The van der Waals surface area contributed by atoms with Crippen LogP contribution in [0.25, 0.3) is 0 Å². The molecule has 0 spiro atoms. The second-order valence-electron chi connectivity index (χ2n) is 3.54. The average Bonchev–Trinajstić information content (AvgIpc) is 2.30. The molecule has 0 amide bonds. The van der Waals surface area contributed by atoms with Crippen LogP contribution in [-0.4, -0.2) is 0 Å². The maximum atomic E-state index is 13.4. The molecular formula is C13H11ClFNO. The molecule has 0 heterocycles. The molecule has 0 unspecified atom stereocenters. The van der Waals surface area contributed by atoms with Crippen molar-refractivity contribution in [1.82, 2.24) is 0 Å². The number of para-hydroxylation sites is 2. The first kappa shape index (κ1) is 11.7. The third kappa shape index (κ3) is 2.68. The molecule has 2 N–H and O–H groups in total. The molecule has 2 nitrogen and oxygen atoms in total. The van der Waals surface area contributed by atoms with E-state index in [9.17, 15) is 4.39 Å². The number of benzene rings is 2. The third-order valence-corrected chi connectivity index (χ3v) is 2.64. The van der Waals surface area contributed by atoms with Gasteiger partial charge in [0, 0.05) is 11.3 Å². The molecule has 2 rings (SSSR count). The number of ether oxygens (including phenoxy) is 1. The quantitative estimate of drug-likeness (QED) is 0.846. The van der Waals surface area contributed by atoms with Gasteiger partial charge in [-0.25, -0.2) is 4.39 Å². The van der Waals surface area contributed by atoms with E-state index in [-0.39, 0.29) is 17.4 Å². The van der Waals surface area contributed by atoms with E-state index in [4.69, 9.17) is 22.1 Å². The fourth-order valence-electron chi connectivity index (χ4n) is 1.44. The first-order valence-electron chi connectivity index (χ1n) is 5.08. The van der Waals surface area contributed by atoms with Crippen molar-refractivity contribution in [2.24, 2.45) is 0 Å². The van der Waals surface area contributed by atoms with E-state index in [1.165, 1.54) is 12.1 Å². The Kier molecular flexibility index (Phi) is 3.49. The van der Waals surface area contributed by atoms with Gasteiger partial charge in [-0.2, -0.15) is 0 Å². The predicted molar refractivity (Wildman–Crippen MR) is 66.6 cm³/mol. The number of rotatable bonds is 3. The zero-order valence-corrected chi connectivity index (χ0v) is 9.75. The van der Waals surface area contributed by atoms with Crippen LogP contribution in [0.2, 0.25) is 5.02 Å². The summed E-state index contributed by atoms with van der Waals surface area (Å²) in [5.41, 5.74) is 7.16. The molecule has 4 heteroatoms. The minimum absolute atomic E-state index is 0.0532. The van der Waals surface area contributed by atoms with Crippen LogP contribution in [0.3, 0.4) is 0 Å². The number of nitrogen functional groups attached to an aromatic ring is 1. The number of hydrogen-bond donors (Lipinski definition) is 1. The standard InChI is InChI=1S/C13H11ClFNO/c14-10-5-3-6-11(15)13(10)17-8-9-4-1-2-7-12(9)16/h1-7H,8,16H2. The fraction of sp³-hybridized carbons (Fsp3) is 0.0769. The topological polar surface area (TPSA) is 35.2 Å². The first-order valence-corrected chi connectivity index (χ1v) is 5.46. The van der Waals surface area contributed by atoms with E-state index in [0.29, 0.717) is 5.69 Å². The van der Waals surface area contributed by atoms with Crippen molar-refractivity contribution in [2.75, 3.05) is 5.73 Å². The minimum atomic E-state index is -0.480. The average molecular weight is 252 g/mol. The van der Waals surface area contributed by atoms with E-state index < -0.39 is 5.82 Å². The van der Waals surface area contributed by atoms with Crippen molar-refractivity contribution in [2.45, 2.75) is 6.61 Å². The Labute approximate surface area is 104 Å². The molecule has 0 atom stereocenters. The molecule has 0 aliphatic heterocycles. The molecule has 0 saturated heterocycles. The van der Waals surface area contributed by atoms with Gasteiger partial charge >= 0.3 is 0 Å². The second-order valence-corrected chi connectivity index (χ2v) is 3.95. The molecule has 2 aromatic rings. The van der Waals surface area contributed by atoms with Crippen LogP contribution < -0.4 is 10.5 Å². The van der Waals surface area contributed by atoms with Crippen molar-refractivity contribution in [3.63, 3.8) is 0 Å². The zero-order chi connectivity index (χ0) is 12.3. The van der Waals surface area contributed by atoms with Gasteiger partial charge < -0.3 is 10.5 Å². The summed E-state index contributed by atoms with van der Waals surface area (Å²) in [6.45, 7) is 0.188. The summed E-state index contributed by atoms with van der Waals surface area (Å²) in [5, 5.41) is 0.250. The molecule has 0 radical (unpaired) electrons. The van der Waals surface area contributed by atoms with E-state index in [1.807, 2.05) is 18.2 Å². The summed E-state index contributed by atoms with van der Waals surface area (Å²) in [4.78, 5) is 0. The van der Waals surface area contributed by atoms with Gasteiger partial charge in [-0.15, -0.1) is 0 Å². The highest BCUT2D eigenvalue weighted by Gasteiger charge is 2.08. The molecule has 88 valence electrons. The molecule has 0 saturated carbocycles. The summed E-state index contributed by atoms with van der Waals surface area (Å²) in [6, 6.07) is 11.7. The van der Waals surface area contributed by atoms with Crippen LogP contribution >= 0.6 is 11.6 Å². The van der Waals surface area contributed by atoms with Gasteiger partial charge in [-0.3, -0.25) is 0 Å². The maximum Gasteiger partial charge on any atom is 0.174 e. The second kappa shape index (κ2) is 5.06. The number of hydrogen-bond acceptors (Lipinski definition) is 2. The highest BCUT2D eigenvalue weighted by atomic mass is 35.5. The Morgan fingerprint density at radius 3 is 2.59 bits per heavy atom.